The van der Waals surface area contributed by atoms with Gasteiger partial charge in [0.1, 0.15) is 0 Å². The van der Waals surface area contributed by atoms with Gasteiger partial charge in [-0.15, -0.1) is 0 Å². The topological polar surface area (TPSA) is 80.9 Å². The van der Waals surface area contributed by atoms with Crippen LogP contribution >= 0.6 is 0 Å². The molecule has 0 unspecified atom stereocenters. The van der Waals surface area contributed by atoms with Gasteiger partial charge >= 0.3 is 0 Å². The van der Waals surface area contributed by atoms with E-state index in [1.54, 1.807) is 6.08 Å². The Morgan fingerprint density at radius 3 is 2.62 bits per heavy atom. The molecule has 0 bridgehead atoms. The molecule has 2 aliphatic rings. The SMILES string of the molecule is CC1=CCC[C@@H]2[C@@](C)(CC/C(=C/CO)CO)[C@H](C)C[C@H](O)[C@@]12CO. The van der Waals surface area contributed by atoms with Crippen LogP contribution in [0.2, 0.25) is 0 Å². The van der Waals surface area contributed by atoms with Crippen LogP contribution in [0.4, 0.5) is 0 Å². The number of aliphatic hydroxyl groups is 4. The zero-order valence-electron chi connectivity index (χ0n) is 15.3. The number of hydrogen-bond acceptors (Lipinski definition) is 4. The summed E-state index contributed by atoms with van der Waals surface area (Å²) in [4.78, 5) is 0. The third kappa shape index (κ3) is 3.10. The Kier molecular flexibility index (Phi) is 6.29. The van der Waals surface area contributed by atoms with Gasteiger partial charge in [0.15, 0.2) is 0 Å². The van der Waals surface area contributed by atoms with Gasteiger partial charge in [-0.05, 0) is 61.9 Å². The highest BCUT2D eigenvalue weighted by atomic mass is 16.3. The fourth-order valence-electron chi connectivity index (χ4n) is 5.33. The predicted octanol–water partition coefficient (Wildman–Crippen LogP) is 2.42. The molecule has 138 valence electrons. The molecule has 2 aliphatic carbocycles. The Balaban J connectivity index is 2.34. The van der Waals surface area contributed by atoms with Crippen molar-refractivity contribution in [3.05, 3.63) is 23.3 Å². The average Bonchev–Trinajstić information content (AvgIpc) is 2.57. The first-order chi connectivity index (χ1) is 11.4. The van der Waals surface area contributed by atoms with Gasteiger partial charge in [-0.25, -0.2) is 0 Å². The van der Waals surface area contributed by atoms with Gasteiger partial charge in [-0.2, -0.15) is 0 Å². The molecule has 0 saturated heterocycles. The van der Waals surface area contributed by atoms with E-state index in [0.29, 0.717) is 12.3 Å². The third-order valence-corrected chi connectivity index (χ3v) is 7.18. The first-order valence-electron chi connectivity index (χ1n) is 9.22. The van der Waals surface area contributed by atoms with Crippen LogP contribution < -0.4 is 0 Å². The van der Waals surface area contributed by atoms with Gasteiger partial charge in [0.2, 0.25) is 0 Å². The Labute approximate surface area is 145 Å². The molecule has 0 heterocycles. The third-order valence-electron chi connectivity index (χ3n) is 7.18. The number of aliphatic hydroxyl groups excluding tert-OH is 4. The zero-order chi connectivity index (χ0) is 18.0. The lowest BCUT2D eigenvalue weighted by Gasteiger charge is -2.60. The van der Waals surface area contributed by atoms with E-state index in [0.717, 1.165) is 36.8 Å². The van der Waals surface area contributed by atoms with Crippen LogP contribution in [0, 0.1) is 22.7 Å². The standard InChI is InChI=1S/C20H34O4/c1-14-5-4-6-17-19(3,9-7-16(12-22)8-10-21)15(2)11-18(24)20(14,17)13-23/h5,8,15,17-18,21-24H,4,6-7,9-13H2,1-3H3/b16-8-/t15-,17-,18+,19+,20+/m1/s1. The summed E-state index contributed by atoms with van der Waals surface area (Å²) in [5.74, 6) is 0.574. The highest BCUT2D eigenvalue weighted by molar-refractivity contribution is 5.25. The van der Waals surface area contributed by atoms with Gasteiger partial charge in [-0.3, -0.25) is 0 Å². The fourth-order valence-corrected chi connectivity index (χ4v) is 5.33. The van der Waals surface area contributed by atoms with E-state index in [4.69, 9.17) is 5.11 Å². The summed E-state index contributed by atoms with van der Waals surface area (Å²) < 4.78 is 0. The maximum absolute atomic E-state index is 10.9. The zero-order valence-corrected chi connectivity index (χ0v) is 15.3. The van der Waals surface area contributed by atoms with Crippen molar-refractivity contribution in [3.63, 3.8) is 0 Å². The molecular weight excluding hydrogens is 304 g/mol. The molecule has 4 nitrogen and oxygen atoms in total. The van der Waals surface area contributed by atoms with Crippen molar-refractivity contribution < 1.29 is 20.4 Å². The van der Waals surface area contributed by atoms with Crippen molar-refractivity contribution in [2.75, 3.05) is 19.8 Å². The van der Waals surface area contributed by atoms with Crippen LogP contribution in [0.1, 0.15) is 52.9 Å². The number of fused-ring (bicyclic) bond motifs is 1. The smallest absolute Gasteiger partial charge is 0.0661 e. The van der Waals surface area contributed by atoms with Crippen LogP contribution in [0.3, 0.4) is 0 Å². The fraction of sp³-hybridized carbons (Fsp3) is 0.800. The van der Waals surface area contributed by atoms with Gasteiger partial charge in [-0.1, -0.05) is 31.6 Å². The summed E-state index contributed by atoms with van der Waals surface area (Å²) in [5.41, 5.74) is 1.45. The lowest BCUT2D eigenvalue weighted by atomic mass is 9.45. The van der Waals surface area contributed by atoms with E-state index < -0.39 is 11.5 Å². The van der Waals surface area contributed by atoms with E-state index in [1.807, 2.05) is 6.92 Å². The summed E-state index contributed by atoms with van der Waals surface area (Å²) in [5, 5.41) is 39.7. The summed E-state index contributed by atoms with van der Waals surface area (Å²) in [6, 6.07) is 0. The van der Waals surface area contributed by atoms with Crippen molar-refractivity contribution in [1.82, 2.24) is 0 Å². The molecule has 1 fully saturated rings. The van der Waals surface area contributed by atoms with Crippen LogP contribution in [-0.4, -0.2) is 46.4 Å². The lowest BCUT2D eigenvalue weighted by Crippen LogP contribution is -2.59. The van der Waals surface area contributed by atoms with Crippen molar-refractivity contribution in [2.24, 2.45) is 22.7 Å². The van der Waals surface area contributed by atoms with E-state index >= 15 is 0 Å². The molecule has 2 rings (SSSR count). The second-order valence-electron chi connectivity index (χ2n) is 8.08. The quantitative estimate of drug-likeness (QED) is 0.561. The largest absolute Gasteiger partial charge is 0.395 e. The maximum atomic E-state index is 10.9. The Morgan fingerprint density at radius 1 is 1.33 bits per heavy atom. The van der Waals surface area contributed by atoms with E-state index in [9.17, 15) is 15.3 Å². The van der Waals surface area contributed by atoms with Crippen molar-refractivity contribution in [3.8, 4) is 0 Å². The molecule has 0 spiro atoms. The normalized spacial score (nSPS) is 40.2. The molecule has 24 heavy (non-hydrogen) atoms. The summed E-state index contributed by atoms with van der Waals surface area (Å²) in [6.45, 7) is 6.45. The highest BCUT2D eigenvalue weighted by Crippen LogP contribution is 2.61. The number of allylic oxidation sites excluding steroid dienone is 1. The highest BCUT2D eigenvalue weighted by Gasteiger charge is 2.59. The van der Waals surface area contributed by atoms with Crippen molar-refractivity contribution >= 4 is 0 Å². The Bertz CT molecular complexity index is 498. The van der Waals surface area contributed by atoms with Crippen LogP contribution in [0.5, 0.6) is 0 Å². The van der Waals surface area contributed by atoms with Crippen molar-refractivity contribution in [2.45, 2.75) is 59.0 Å². The minimum Gasteiger partial charge on any atom is -0.395 e. The molecule has 4 heteroatoms. The molecule has 0 aromatic rings. The van der Waals surface area contributed by atoms with E-state index in [-0.39, 0.29) is 31.2 Å². The first kappa shape index (κ1) is 19.6. The van der Waals surface area contributed by atoms with Crippen LogP contribution in [-0.2, 0) is 0 Å². The molecule has 0 radical (unpaired) electrons. The molecule has 0 aliphatic heterocycles. The van der Waals surface area contributed by atoms with E-state index in [1.165, 1.54) is 0 Å². The molecule has 0 aromatic carbocycles. The molecule has 5 atom stereocenters. The predicted molar refractivity (Wildman–Crippen MR) is 95.4 cm³/mol. The minimum atomic E-state index is -0.528. The molecular formula is C20H34O4. The summed E-state index contributed by atoms with van der Waals surface area (Å²) in [6.07, 6.45) is 7.67. The second kappa shape index (κ2) is 7.69. The molecule has 4 N–H and O–H groups in total. The van der Waals surface area contributed by atoms with Crippen LogP contribution in [0.25, 0.3) is 0 Å². The maximum Gasteiger partial charge on any atom is 0.0661 e. The number of hydrogen-bond donors (Lipinski definition) is 4. The molecule has 0 amide bonds. The Morgan fingerprint density at radius 2 is 2.04 bits per heavy atom. The minimum absolute atomic E-state index is 0.0111. The van der Waals surface area contributed by atoms with Crippen molar-refractivity contribution in [1.29, 1.82) is 0 Å². The van der Waals surface area contributed by atoms with Gasteiger partial charge in [0.05, 0.1) is 25.9 Å². The van der Waals surface area contributed by atoms with Gasteiger partial charge in [0, 0.05) is 5.41 Å². The molecule has 1 saturated carbocycles. The molecule has 0 aromatic heterocycles. The lowest BCUT2D eigenvalue weighted by molar-refractivity contribution is -0.150. The number of rotatable bonds is 6. The summed E-state index contributed by atoms with van der Waals surface area (Å²) in [7, 11) is 0. The average molecular weight is 338 g/mol. The van der Waals surface area contributed by atoms with Gasteiger partial charge < -0.3 is 20.4 Å². The second-order valence-corrected chi connectivity index (χ2v) is 8.08. The Hall–Kier alpha value is -0.680. The monoisotopic (exact) mass is 338 g/mol. The summed E-state index contributed by atoms with van der Waals surface area (Å²) >= 11 is 0. The van der Waals surface area contributed by atoms with Crippen LogP contribution in [0.15, 0.2) is 23.3 Å². The van der Waals surface area contributed by atoms with E-state index in [2.05, 4.69) is 19.9 Å². The first-order valence-corrected chi connectivity index (χ1v) is 9.22. The van der Waals surface area contributed by atoms with Gasteiger partial charge in [0.25, 0.3) is 0 Å².